The second kappa shape index (κ2) is 5.83. The third-order valence-corrected chi connectivity index (χ3v) is 4.39. The number of benzene rings is 1. The standard InChI is InChI=1S/C15H19ClN2O2/c1-8(2)9(3)15(16)10-4-5-11-12(6-10)18-14(20)7-13(19)17-11/h4-6,8-9,15H,7H2,1-3H3,(H,17,19)(H,18,20). The number of hydrogen-bond donors (Lipinski definition) is 2. The fourth-order valence-corrected chi connectivity index (χ4v) is 2.55. The fraction of sp³-hybridized carbons (Fsp3) is 0.467. The highest BCUT2D eigenvalue weighted by molar-refractivity contribution is 6.21. The third-order valence-electron chi connectivity index (χ3n) is 3.74. The van der Waals surface area contributed by atoms with Gasteiger partial charge in [0.2, 0.25) is 11.8 Å². The molecule has 2 rings (SSSR count). The van der Waals surface area contributed by atoms with Crippen molar-refractivity contribution in [3.63, 3.8) is 0 Å². The summed E-state index contributed by atoms with van der Waals surface area (Å²) in [7, 11) is 0. The average Bonchev–Trinajstić information content (AvgIpc) is 2.52. The van der Waals surface area contributed by atoms with Gasteiger partial charge in [-0.1, -0.05) is 26.8 Å². The first kappa shape index (κ1) is 14.9. The topological polar surface area (TPSA) is 58.2 Å². The fourth-order valence-electron chi connectivity index (χ4n) is 2.12. The highest BCUT2D eigenvalue weighted by Crippen LogP contribution is 2.36. The molecule has 1 aromatic carbocycles. The molecule has 0 aromatic heterocycles. The van der Waals surface area contributed by atoms with E-state index in [4.69, 9.17) is 11.6 Å². The van der Waals surface area contributed by atoms with Crippen LogP contribution in [0.4, 0.5) is 11.4 Å². The lowest BCUT2D eigenvalue weighted by Crippen LogP contribution is -2.16. The van der Waals surface area contributed by atoms with Crippen LogP contribution in [-0.2, 0) is 9.59 Å². The van der Waals surface area contributed by atoms with Crippen LogP contribution in [0.5, 0.6) is 0 Å². The van der Waals surface area contributed by atoms with Gasteiger partial charge >= 0.3 is 0 Å². The molecule has 1 heterocycles. The molecule has 0 bridgehead atoms. The Morgan fingerprint density at radius 2 is 1.65 bits per heavy atom. The Labute approximate surface area is 123 Å². The molecule has 2 N–H and O–H groups in total. The van der Waals surface area contributed by atoms with Crippen molar-refractivity contribution in [1.82, 2.24) is 0 Å². The normalized spacial score (nSPS) is 17.9. The molecule has 0 saturated carbocycles. The molecular weight excluding hydrogens is 276 g/mol. The van der Waals surface area contributed by atoms with Crippen molar-refractivity contribution in [3.05, 3.63) is 23.8 Å². The van der Waals surface area contributed by atoms with E-state index >= 15 is 0 Å². The van der Waals surface area contributed by atoms with Crippen LogP contribution in [0.3, 0.4) is 0 Å². The van der Waals surface area contributed by atoms with Gasteiger partial charge in [0.1, 0.15) is 6.42 Å². The van der Waals surface area contributed by atoms with Gasteiger partial charge in [0.25, 0.3) is 0 Å². The van der Waals surface area contributed by atoms with Crippen molar-refractivity contribution in [1.29, 1.82) is 0 Å². The predicted octanol–water partition coefficient (Wildman–Crippen LogP) is 3.54. The molecule has 0 saturated heterocycles. The number of hydrogen-bond acceptors (Lipinski definition) is 2. The molecule has 1 aliphatic heterocycles. The summed E-state index contributed by atoms with van der Waals surface area (Å²) < 4.78 is 0. The van der Waals surface area contributed by atoms with E-state index in [1.165, 1.54) is 0 Å². The van der Waals surface area contributed by atoms with E-state index in [1.54, 1.807) is 6.07 Å². The minimum atomic E-state index is -0.304. The molecule has 20 heavy (non-hydrogen) atoms. The zero-order valence-corrected chi connectivity index (χ0v) is 12.6. The van der Waals surface area contributed by atoms with Crippen LogP contribution < -0.4 is 10.6 Å². The smallest absolute Gasteiger partial charge is 0.233 e. The first-order valence-electron chi connectivity index (χ1n) is 6.76. The molecule has 2 atom stereocenters. The SMILES string of the molecule is CC(C)C(C)C(Cl)c1ccc2c(c1)NC(=O)CC(=O)N2. The second-order valence-electron chi connectivity index (χ2n) is 5.58. The molecule has 0 aliphatic carbocycles. The number of anilines is 2. The van der Waals surface area contributed by atoms with Gasteiger partial charge in [-0.25, -0.2) is 0 Å². The minimum absolute atomic E-state index is 0.129. The highest BCUT2D eigenvalue weighted by Gasteiger charge is 2.23. The van der Waals surface area contributed by atoms with Crippen LogP contribution in [0.15, 0.2) is 18.2 Å². The number of nitrogens with one attached hydrogen (secondary N) is 2. The Bertz CT molecular complexity index is 543. The number of amides is 2. The summed E-state index contributed by atoms with van der Waals surface area (Å²) >= 11 is 6.50. The average molecular weight is 295 g/mol. The van der Waals surface area contributed by atoms with Crippen LogP contribution >= 0.6 is 11.6 Å². The number of halogens is 1. The van der Waals surface area contributed by atoms with Crippen LogP contribution in [0.1, 0.15) is 38.1 Å². The van der Waals surface area contributed by atoms with E-state index in [-0.39, 0.29) is 23.6 Å². The van der Waals surface area contributed by atoms with Crippen molar-refractivity contribution in [2.24, 2.45) is 11.8 Å². The van der Waals surface area contributed by atoms with Gasteiger partial charge in [0.15, 0.2) is 0 Å². The lowest BCUT2D eigenvalue weighted by atomic mass is 9.90. The van der Waals surface area contributed by atoms with Crippen molar-refractivity contribution >= 4 is 34.8 Å². The maximum Gasteiger partial charge on any atom is 0.233 e. The van der Waals surface area contributed by atoms with Crippen LogP contribution in [0.25, 0.3) is 0 Å². The zero-order valence-electron chi connectivity index (χ0n) is 11.9. The number of carbonyl (C=O) groups excluding carboxylic acids is 2. The van der Waals surface area contributed by atoms with Gasteiger partial charge < -0.3 is 10.6 Å². The van der Waals surface area contributed by atoms with Crippen molar-refractivity contribution < 1.29 is 9.59 Å². The molecule has 108 valence electrons. The van der Waals surface area contributed by atoms with Gasteiger partial charge in [0, 0.05) is 0 Å². The number of rotatable bonds is 3. The molecule has 2 amide bonds. The molecule has 1 aliphatic rings. The summed E-state index contributed by atoms with van der Waals surface area (Å²) in [4.78, 5) is 23.0. The summed E-state index contributed by atoms with van der Waals surface area (Å²) in [6.07, 6.45) is -0.156. The summed E-state index contributed by atoms with van der Waals surface area (Å²) in [6, 6.07) is 5.53. The Balaban J connectivity index is 2.31. The number of alkyl halides is 1. The predicted molar refractivity (Wildman–Crippen MR) is 80.9 cm³/mol. The summed E-state index contributed by atoms with van der Waals surface area (Å²) in [5.74, 6) is 0.171. The van der Waals surface area contributed by atoms with Crippen molar-refractivity contribution in [2.45, 2.75) is 32.6 Å². The van der Waals surface area contributed by atoms with Gasteiger partial charge in [0.05, 0.1) is 16.8 Å². The molecule has 5 heteroatoms. The molecule has 0 fully saturated rings. The van der Waals surface area contributed by atoms with E-state index in [1.807, 2.05) is 12.1 Å². The number of carbonyl (C=O) groups is 2. The Morgan fingerprint density at radius 3 is 2.25 bits per heavy atom. The maximum absolute atomic E-state index is 11.6. The molecule has 0 spiro atoms. The molecular formula is C15H19ClN2O2. The van der Waals surface area contributed by atoms with Gasteiger partial charge in [-0.3, -0.25) is 9.59 Å². The van der Waals surface area contributed by atoms with Crippen molar-refractivity contribution in [2.75, 3.05) is 10.6 Å². The first-order chi connectivity index (χ1) is 9.38. The van der Waals surface area contributed by atoms with Gasteiger partial charge in [-0.05, 0) is 29.5 Å². The maximum atomic E-state index is 11.6. The van der Waals surface area contributed by atoms with Gasteiger partial charge in [-0.2, -0.15) is 0 Å². The first-order valence-corrected chi connectivity index (χ1v) is 7.20. The lowest BCUT2D eigenvalue weighted by Gasteiger charge is -2.22. The molecule has 2 unspecified atom stereocenters. The van der Waals surface area contributed by atoms with E-state index < -0.39 is 0 Å². The largest absolute Gasteiger partial charge is 0.324 e. The quantitative estimate of drug-likeness (QED) is 0.662. The monoisotopic (exact) mass is 294 g/mol. The lowest BCUT2D eigenvalue weighted by molar-refractivity contribution is -0.123. The summed E-state index contributed by atoms with van der Waals surface area (Å²) in [5.41, 5.74) is 2.17. The van der Waals surface area contributed by atoms with Crippen LogP contribution in [0, 0.1) is 11.8 Å². The zero-order chi connectivity index (χ0) is 14.9. The van der Waals surface area contributed by atoms with E-state index in [2.05, 4.69) is 31.4 Å². The van der Waals surface area contributed by atoms with E-state index in [0.29, 0.717) is 23.2 Å². The molecule has 1 aromatic rings. The Hall–Kier alpha value is -1.55. The summed E-state index contributed by atoms with van der Waals surface area (Å²) in [5, 5.41) is 5.31. The third kappa shape index (κ3) is 3.12. The van der Waals surface area contributed by atoms with Crippen molar-refractivity contribution in [3.8, 4) is 0 Å². The molecule has 0 radical (unpaired) electrons. The van der Waals surface area contributed by atoms with Gasteiger partial charge in [-0.15, -0.1) is 11.6 Å². The molecule has 4 nitrogen and oxygen atoms in total. The Morgan fingerprint density at radius 1 is 1.05 bits per heavy atom. The van der Waals surface area contributed by atoms with E-state index in [9.17, 15) is 9.59 Å². The highest BCUT2D eigenvalue weighted by atomic mass is 35.5. The van der Waals surface area contributed by atoms with Crippen LogP contribution in [-0.4, -0.2) is 11.8 Å². The minimum Gasteiger partial charge on any atom is -0.324 e. The number of fused-ring (bicyclic) bond motifs is 1. The Kier molecular flexibility index (Phi) is 4.33. The van der Waals surface area contributed by atoms with E-state index in [0.717, 1.165) is 5.56 Å². The van der Waals surface area contributed by atoms with Crippen LogP contribution in [0.2, 0.25) is 0 Å². The second-order valence-corrected chi connectivity index (χ2v) is 6.05. The summed E-state index contributed by atoms with van der Waals surface area (Å²) in [6.45, 7) is 6.37.